The van der Waals surface area contributed by atoms with Crippen molar-refractivity contribution in [2.75, 3.05) is 0 Å². The molecule has 0 aromatic heterocycles. The van der Waals surface area contributed by atoms with Gasteiger partial charge in [-0.15, -0.1) is 6.58 Å². The predicted octanol–water partition coefficient (Wildman–Crippen LogP) is -0.581. The fraction of sp³-hybridized carbons (Fsp3) is 0.111. The van der Waals surface area contributed by atoms with Crippen molar-refractivity contribution in [1.29, 1.82) is 0 Å². The summed E-state index contributed by atoms with van der Waals surface area (Å²) in [6.07, 6.45) is 2.89. The molecule has 0 saturated heterocycles. The molecule has 0 fully saturated rings. The fourth-order valence-electron chi connectivity index (χ4n) is 0.781. The standard InChI is InChI=1S/C9H10.Na/c1-2-6-9-7-4-3-5-8-9;/h2-5,7-8H,1,6H2;/q;+1. The van der Waals surface area contributed by atoms with E-state index in [1.165, 1.54) is 5.56 Å². The van der Waals surface area contributed by atoms with E-state index < -0.39 is 0 Å². The molecule has 46 valence electrons. The molecule has 0 aliphatic carbocycles. The quantitative estimate of drug-likeness (QED) is 0.382. The van der Waals surface area contributed by atoms with E-state index in [2.05, 4.69) is 18.7 Å². The number of rotatable bonds is 2. The smallest absolute Gasteiger partial charge is 0.103 e. The molecule has 0 N–H and O–H groups in total. The summed E-state index contributed by atoms with van der Waals surface area (Å²) in [5.41, 5.74) is 1.33. The Morgan fingerprint density at radius 2 is 1.80 bits per heavy atom. The van der Waals surface area contributed by atoms with Crippen molar-refractivity contribution in [3.8, 4) is 0 Å². The zero-order valence-corrected chi connectivity index (χ0v) is 8.38. The Morgan fingerprint density at radius 1 is 1.20 bits per heavy atom. The van der Waals surface area contributed by atoms with Crippen molar-refractivity contribution in [3.63, 3.8) is 0 Å². The third-order valence-corrected chi connectivity index (χ3v) is 1.22. The van der Waals surface area contributed by atoms with Gasteiger partial charge in [0, 0.05) is 0 Å². The molecule has 0 aliphatic rings. The van der Waals surface area contributed by atoms with E-state index in [0.717, 1.165) is 6.42 Å². The van der Waals surface area contributed by atoms with Crippen molar-refractivity contribution < 1.29 is 29.6 Å². The monoisotopic (exact) mass is 141 g/mol. The van der Waals surface area contributed by atoms with E-state index in [9.17, 15) is 0 Å². The van der Waals surface area contributed by atoms with E-state index in [4.69, 9.17) is 0 Å². The number of hydrogen-bond donors (Lipinski definition) is 0. The Bertz CT molecular complexity index is 179. The first-order chi connectivity index (χ1) is 4.43. The van der Waals surface area contributed by atoms with Crippen LogP contribution in [0.3, 0.4) is 0 Å². The SMILES string of the molecule is C=CCc1ccccc1.[Na+]. The summed E-state index contributed by atoms with van der Waals surface area (Å²) < 4.78 is 0. The van der Waals surface area contributed by atoms with Gasteiger partial charge in [0.15, 0.2) is 0 Å². The Kier molecular flexibility index (Phi) is 5.70. The summed E-state index contributed by atoms with van der Waals surface area (Å²) in [5, 5.41) is 0. The molecule has 0 spiro atoms. The minimum Gasteiger partial charge on any atom is -0.103 e. The van der Waals surface area contributed by atoms with Gasteiger partial charge in [-0.05, 0) is 12.0 Å². The second-order valence-corrected chi connectivity index (χ2v) is 1.98. The zero-order valence-electron chi connectivity index (χ0n) is 6.38. The van der Waals surface area contributed by atoms with Gasteiger partial charge in [0.05, 0.1) is 0 Å². The molecule has 0 heterocycles. The van der Waals surface area contributed by atoms with E-state index in [0.29, 0.717) is 0 Å². The fourth-order valence-corrected chi connectivity index (χ4v) is 0.781. The molecule has 0 atom stereocenters. The molecular formula is C9H10Na+. The van der Waals surface area contributed by atoms with Gasteiger partial charge < -0.3 is 0 Å². The Morgan fingerprint density at radius 3 is 2.30 bits per heavy atom. The van der Waals surface area contributed by atoms with E-state index >= 15 is 0 Å². The molecule has 1 heteroatoms. The molecule has 0 bridgehead atoms. The molecule has 0 aliphatic heterocycles. The summed E-state index contributed by atoms with van der Waals surface area (Å²) in [7, 11) is 0. The van der Waals surface area contributed by atoms with Crippen molar-refractivity contribution in [1.82, 2.24) is 0 Å². The van der Waals surface area contributed by atoms with E-state index in [-0.39, 0.29) is 29.6 Å². The van der Waals surface area contributed by atoms with Crippen molar-refractivity contribution in [2.24, 2.45) is 0 Å². The normalized spacial score (nSPS) is 8.00. The molecule has 1 aromatic carbocycles. The van der Waals surface area contributed by atoms with Gasteiger partial charge in [-0.25, -0.2) is 0 Å². The Hall–Kier alpha value is -0.0400. The van der Waals surface area contributed by atoms with Crippen molar-refractivity contribution in [3.05, 3.63) is 48.6 Å². The van der Waals surface area contributed by atoms with Gasteiger partial charge in [0.25, 0.3) is 0 Å². The first-order valence-corrected chi connectivity index (χ1v) is 3.08. The molecule has 1 rings (SSSR count). The molecular weight excluding hydrogens is 131 g/mol. The van der Waals surface area contributed by atoms with Gasteiger partial charge in [0.1, 0.15) is 0 Å². The van der Waals surface area contributed by atoms with Crippen LogP contribution in [0.2, 0.25) is 0 Å². The maximum atomic E-state index is 3.66. The van der Waals surface area contributed by atoms with Crippen LogP contribution in [-0.4, -0.2) is 0 Å². The summed E-state index contributed by atoms with van der Waals surface area (Å²) >= 11 is 0. The molecule has 0 saturated carbocycles. The first-order valence-electron chi connectivity index (χ1n) is 3.08. The topological polar surface area (TPSA) is 0 Å². The molecule has 0 unspecified atom stereocenters. The third-order valence-electron chi connectivity index (χ3n) is 1.22. The number of allylic oxidation sites excluding steroid dienone is 1. The second-order valence-electron chi connectivity index (χ2n) is 1.98. The number of benzene rings is 1. The average molecular weight is 141 g/mol. The predicted molar refractivity (Wildman–Crippen MR) is 40.3 cm³/mol. The van der Waals surface area contributed by atoms with E-state index in [1.54, 1.807) is 0 Å². The molecule has 0 nitrogen and oxygen atoms in total. The van der Waals surface area contributed by atoms with Gasteiger partial charge >= 0.3 is 29.6 Å². The van der Waals surface area contributed by atoms with Crippen molar-refractivity contribution >= 4 is 0 Å². The van der Waals surface area contributed by atoms with Gasteiger partial charge in [-0.1, -0.05) is 36.4 Å². The van der Waals surface area contributed by atoms with Crippen LogP contribution in [0.25, 0.3) is 0 Å². The van der Waals surface area contributed by atoms with Crippen molar-refractivity contribution in [2.45, 2.75) is 6.42 Å². The van der Waals surface area contributed by atoms with Crippen LogP contribution in [0.1, 0.15) is 5.56 Å². The molecule has 10 heavy (non-hydrogen) atoms. The summed E-state index contributed by atoms with van der Waals surface area (Å²) in [6, 6.07) is 10.3. The van der Waals surface area contributed by atoms with E-state index in [1.807, 2.05) is 24.3 Å². The summed E-state index contributed by atoms with van der Waals surface area (Å²) in [6.45, 7) is 3.66. The zero-order chi connectivity index (χ0) is 6.53. The van der Waals surface area contributed by atoms with Gasteiger partial charge in [0.2, 0.25) is 0 Å². The molecule has 0 radical (unpaired) electrons. The average Bonchev–Trinajstić information content (AvgIpc) is 1.91. The second kappa shape index (κ2) is 5.72. The number of hydrogen-bond acceptors (Lipinski definition) is 0. The third kappa shape index (κ3) is 3.21. The van der Waals surface area contributed by atoms with Crippen LogP contribution < -0.4 is 29.6 Å². The van der Waals surface area contributed by atoms with Gasteiger partial charge in [-0.2, -0.15) is 0 Å². The maximum absolute atomic E-state index is 3.66. The first kappa shape index (κ1) is 9.96. The summed E-state index contributed by atoms with van der Waals surface area (Å²) in [5.74, 6) is 0. The van der Waals surface area contributed by atoms with Crippen LogP contribution in [0.5, 0.6) is 0 Å². The largest absolute Gasteiger partial charge is 1.00 e. The molecule has 0 amide bonds. The summed E-state index contributed by atoms with van der Waals surface area (Å²) in [4.78, 5) is 0. The minimum absolute atomic E-state index is 0. The van der Waals surface area contributed by atoms with Crippen LogP contribution in [0.15, 0.2) is 43.0 Å². The van der Waals surface area contributed by atoms with Crippen LogP contribution in [0, 0.1) is 0 Å². The minimum atomic E-state index is 0. The van der Waals surface area contributed by atoms with Crippen LogP contribution >= 0.6 is 0 Å². The van der Waals surface area contributed by atoms with Gasteiger partial charge in [-0.3, -0.25) is 0 Å². The molecule has 1 aromatic rings. The Balaban J connectivity index is 0.000000810. The van der Waals surface area contributed by atoms with Crippen LogP contribution in [-0.2, 0) is 6.42 Å². The maximum Gasteiger partial charge on any atom is 1.00 e. The van der Waals surface area contributed by atoms with Crippen LogP contribution in [0.4, 0.5) is 0 Å². The Labute approximate surface area is 84.3 Å².